The summed E-state index contributed by atoms with van der Waals surface area (Å²) in [5, 5.41) is 14.9. The normalized spacial score (nSPS) is 16.2. The average Bonchev–Trinajstić information content (AvgIpc) is 3.64. The number of pyridine rings is 1. The molecule has 1 saturated carbocycles. The van der Waals surface area contributed by atoms with Crippen molar-refractivity contribution >= 4 is 38.0 Å². The Hall–Kier alpha value is -3.86. The van der Waals surface area contributed by atoms with Gasteiger partial charge in [-0.3, -0.25) is 9.59 Å². The van der Waals surface area contributed by atoms with Gasteiger partial charge < -0.3 is 25.5 Å². The molecule has 36 heavy (non-hydrogen) atoms. The summed E-state index contributed by atoms with van der Waals surface area (Å²) in [5.41, 5.74) is 4.71. The van der Waals surface area contributed by atoms with Crippen LogP contribution in [0.3, 0.4) is 0 Å². The number of hydrogen-bond donors (Lipinski definition) is 3. The molecule has 9 nitrogen and oxygen atoms in total. The molecule has 4 N–H and O–H groups in total. The third kappa shape index (κ3) is 4.53. The fourth-order valence-corrected chi connectivity index (χ4v) is 5.63. The van der Waals surface area contributed by atoms with Crippen molar-refractivity contribution in [2.75, 3.05) is 11.9 Å². The fraction of sp³-hybridized carbons (Fsp3) is 0.280. The smallest absolute Gasteiger partial charge is 0.264 e. The molecule has 3 aromatic rings. The Kier molecular flexibility index (Phi) is 5.95. The Morgan fingerprint density at radius 2 is 2.00 bits per heavy atom. The van der Waals surface area contributed by atoms with E-state index in [0.29, 0.717) is 18.0 Å². The van der Waals surface area contributed by atoms with Crippen LogP contribution < -0.4 is 21.3 Å². The molecule has 1 aliphatic carbocycles. The van der Waals surface area contributed by atoms with Gasteiger partial charge >= 0.3 is 0 Å². The molecule has 2 heterocycles. The first-order chi connectivity index (χ1) is 17.1. The monoisotopic (exact) mass is 513 g/mol. The largest absolute Gasteiger partial charge is 0.506 e. The van der Waals surface area contributed by atoms with Crippen molar-refractivity contribution in [1.82, 2.24) is 4.57 Å². The van der Waals surface area contributed by atoms with Gasteiger partial charge in [0.05, 0.1) is 40.2 Å². The average molecular weight is 514 g/mol. The number of nitrogens with zero attached hydrogens (tertiary/aromatic N) is 1. The lowest BCUT2D eigenvalue weighted by atomic mass is 10.1. The number of fused-ring (bicyclic) bond motifs is 2. The number of anilines is 1. The van der Waals surface area contributed by atoms with E-state index in [9.17, 15) is 27.5 Å². The van der Waals surface area contributed by atoms with E-state index < -0.39 is 32.9 Å². The maximum atomic E-state index is 14.1. The number of halogens is 1. The topological polar surface area (TPSA) is 141 Å². The summed E-state index contributed by atoms with van der Waals surface area (Å²) in [6, 6.07) is 8.06. The highest BCUT2D eigenvalue weighted by atomic mass is 32.2. The number of nitrogens with one attached hydrogen (secondary N) is 1. The zero-order valence-electron chi connectivity index (χ0n) is 19.2. The SMILES string of the molecule is NC(=O)CCOc1ccc2c(c1)S(=O)(=O)C=C(c1c(O)c3cc(F)ccc3n(CCC3CC3)c1=O)N2. The van der Waals surface area contributed by atoms with Crippen LogP contribution in [0.5, 0.6) is 11.5 Å². The van der Waals surface area contributed by atoms with Gasteiger partial charge in [-0.15, -0.1) is 0 Å². The van der Waals surface area contributed by atoms with Crippen LogP contribution in [0, 0.1) is 11.7 Å². The molecule has 1 aromatic heterocycles. The molecule has 2 aliphatic rings. The molecule has 1 fully saturated rings. The molecular formula is C25H24FN3O6S. The van der Waals surface area contributed by atoms with Crippen molar-refractivity contribution in [3.8, 4) is 11.5 Å². The van der Waals surface area contributed by atoms with Gasteiger partial charge in [0.2, 0.25) is 15.7 Å². The summed E-state index contributed by atoms with van der Waals surface area (Å²) >= 11 is 0. The van der Waals surface area contributed by atoms with Gasteiger partial charge in [0.1, 0.15) is 22.9 Å². The quantitative estimate of drug-likeness (QED) is 0.420. The Morgan fingerprint density at radius 1 is 1.22 bits per heavy atom. The van der Waals surface area contributed by atoms with E-state index in [-0.39, 0.29) is 46.0 Å². The van der Waals surface area contributed by atoms with Crippen LogP contribution in [-0.2, 0) is 21.2 Å². The van der Waals surface area contributed by atoms with Crippen molar-refractivity contribution in [3.63, 3.8) is 0 Å². The zero-order chi connectivity index (χ0) is 25.6. The second-order valence-electron chi connectivity index (χ2n) is 9.00. The number of carbonyl (C=O) groups excluding carboxylic acids is 1. The minimum absolute atomic E-state index is 0.00932. The minimum Gasteiger partial charge on any atom is -0.506 e. The lowest BCUT2D eigenvalue weighted by Crippen LogP contribution is -2.27. The number of aromatic hydroxyl groups is 1. The zero-order valence-corrected chi connectivity index (χ0v) is 20.0. The number of hydrogen-bond acceptors (Lipinski definition) is 7. The second kappa shape index (κ2) is 8.98. The van der Waals surface area contributed by atoms with Crippen LogP contribution in [0.1, 0.15) is 31.2 Å². The number of nitrogens with two attached hydrogens (primary N) is 1. The number of benzene rings is 2. The molecule has 11 heteroatoms. The fourth-order valence-electron chi connectivity index (χ4n) is 4.31. The van der Waals surface area contributed by atoms with Gasteiger partial charge in [-0.05, 0) is 42.7 Å². The molecule has 0 saturated heterocycles. The highest BCUT2D eigenvalue weighted by Crippen LogP contribution is 2.39. The van der Waals surface area contributed by atoms with Crippen LogP contribution in [-0.4, -0.2) is 30.6 Å². The van der Waals surface area contributed by atoms with E-state index in [1.54, 1.807) is 0 Å². The van der Waals surface area contributed by atoms with Gasteiger partial charge in [-0.1, -0.05) is 12.8 Å². The van der Waals surface area contributed by atoms with Gasteiger partial charge in [-0.25, -0.2) is 12.8 Å². The lowest BCUT2D eigenvalue weighted by Gasteiger charge is -2.22. The highest BCUT2D eigenvalue weighted by Gasteiger charge is 2.29. The van der Waals surface area contributed by atoms with Crippen LogP contribution in [0.15, 0.2) is 51.5 Å². The molecule has 0 unspecified atom stereocenters. The first-order valence-electron chi connectivity index (χ1n) is 11.5. The molecule has 188 valence electrons. The van der Waals surface area contributed by atoms with Gasteiger partial charge in [-0.2, -0.15) is 0 Å². The van der Waals surface area contributed by atoms with Crippen molar-refractivity contribution in [2.24, 2.45) is 11.7 Å². The third-order valence-corrected chi connectivity index (χ3v) is 7.84. The molecule has 1 aliphatic heterocycles. The maximum Gasteiger partial charge on any atom is 0.264 e. The third-order valence-electron chi connectivity index (χ3n) is 6.35. The Balaban J connectivity index is 1.58. The summed E-state index contributed by atoms with van der Waals surface area (Å²) < 4.78 is 47.2. The summed E-state index contributed by atoms with van der Waals surface area (Å²) in [6.07, 6.45) is 2.90. The number of aryl methyl sites for hydroxylation is 1. The number of rotatable bonds is 8. The molecule has 0 atom stereocenters. The molecule has 2 aromatic carbocycles. The van der Waals surface area contributed by atoms with Crippen molar-refractivity contribution < 1.29 is 27.4 Å². The number of primary amides is 1. The predicted octanol–water partition coefficient (Wildman–Crippen LogP) is 3.10. The molecule has 5 rings (SSSR count). The number of carbonyl (C=O) groups is 1. The maximum absolute atomic E-state index is 14.1. The van der Waals surface area contributed by atoms with Gasteiger partial charge in [0, 0.05) is 18.0 Å². The van der Waals surface area contributed by atoms with E-state index in [4.69, 9.17) is 10.5 Å². The second-order valence-corrected chi connectivity index (χ2v) is 10.8. The van der Waals surface area contributed by atoms with E-state index in [2.05, 4.69) is 5.32 Å². The molecular weight excluding hydrogens is 489 g/mol. The van der Waals surface area contributed by atoms with Crippen molar-refractivity contribution in [3.05, 3.63) is 63.5 Å². The van der Waals surface area contributed by atoms with Crippen LogP contribution in [0.25, 0.3) is 16.6 Å². The molecule has 1 amide bonds. The van der Waals surface area contributed by atoms with Crippen molar-refractivity contribution in [2.45, 2.75) is 37.1 Å². The Bertz CT molecular complexity index is 1590. The molecule has 0 spiro atoms. The molecule has 0 bridgehead atoms. The van der Waals surface area contributed by atoms with Crippen LogP contribution in [0.4, 0.5) is 10.1 Å². The van der Waals surface area contributed by atoms with E-state index >= 15 is 0 Å². The van der Waals surface area contributed by atoms with Crippen molar-refractivity contribution in [1.29, 1.82) is 0 Å². The molecule has 0 radical (unpaired) electrons. The number of amides is 1. The lowest BCUT2D eigenvalue weighted by molar-refractivity contribution is -0.118. The Morgan fingerprint density at radius 3 is 2.72 bits per heavy atom. The van der Waals surface area contributed by atoms with Gasteiger partial charge in [0.25, 0.3) is 5.56 Å². The standard InChI is InChI=1S/C25H24FN3O6S/c26-15-3-6-20-17(11-15)24(31)23(25(32)29(20)9-7-14-1-2-14)19-13-36(33,34)21-12-16(4-5-18(21)28-19)35-10-8-22(27)30/h3-6,11-14,28,31H,1-2,7-10H2,(H2,27,30). The first kappa shape index (κ1) is 23.9. The summed E-state index contributed by atoms with van der Waals surface area (Å²) in [5.74, 6) is -0.899. The summed E-state index contributed by atoms with van der Waals surface area (Å²) in [7, 11) is -4.06. The Labute approximate surface area is 205 Å². The van der Waals surface area contributed by atoms with E-state index in [0.717, 1.165) is 30.7 Å². The first-order valence-corrected chi connectivity index (χ1v) is 13.0. The number of ether oxygens (including phenoxy) is 1. The van der Waals surface area contributed by atoms with Gasteiger partial charge in [0.15, 0.2) is 0 Å². The highest BCUT2D eigenvalue weighted by molar-refractivity contribution is 7.94. The minimum atomic E-state index is -4.06. The van der Waals surface area contributed by atoms with E-state index in [1.165, 1.54) is 34.9 Å². The number of aromatic nitrogens is 1. The summed E-state index contributed by atoms with van der Waals surface area (Å²) in [6.45, 7) is 0.353. The predicted molar refractivity (Wildman–Crippen MR) is 132 cm³/mol. The van der Waals surface area contributed by atoms with Crippen LogP contribution >= 0.6 is 0 Å². The van der Waals surface area contributed by atoms with E-state index in [1.807, 2.05) is 0 Å². The van der Waals surface area contributed by atoms with Crippen LogP contribution in [0.2, 0.25) is 0 Å². The number of sulfone groups is 1. The summed E-state index contributed by atoms with van der Waals surface area (Å²) in [4.78, 5) is 24.4.